The molecule has 1 aliphatic carbocycles. The van der Waals surface area contributed by atoms with Gasteiger partial charge in [-0.05, 0) is 32.3 Å². The summed E-state index contributed by atoms with van der Waals surface area (Å²) < 4.78 is 6.01. The number of nitrogens with one attached hydrogen (secondary N) is 2. The zero-order chi connectivity index (χ0) is 20.3. The maximum Gasteiger partial charge on any atom is 0.326 e. The molecule has 150 valence electrons. The van der Waals surface area contributed by atoms with Crippen molar-refractivity contribution in [2.45, 2.75) is 52.1 Å². The Morgan fingerprint density at radius 2 is 2.00 bits per heavy atom. The summed E-state index contributed by atoms with van der Waals surface area (Å²) in [6, 6.07) is -0.518. The van der Waals surface area contributed by atoms with Crippen molar-refractivity contribution in [2.75, 3.05) is 6.61 Å². The van der Waals surface area contributed by atoms with Gasteiger partial charge in [-0.25, -0.2) is 9.78 Å². The Morgan fingerprint density at radius 1 is 1.29 bits per heavy atom. The summed E-state index contributed by atoms with van der Waals surface area (Å²) in [7, 11) is 0. The molecule has 0 aliphatic heterocycles. The van der Waals surface area contributed by atoms with Crippen LogP contribution in [0.2, 0.25) is 0 Å². The summed E-state index contributed by atoms with van der Waals surface area (Å²) in [4.78, 5) is 53.8. The molecule has 2 aromatic heterocycles. The topological polar surface area (TPSA) is 119 Å². The molecule has 1 saturated carbocycles. The van der Waals surface area contributed by atoms with Crippen molar-refractivity contribution in [3.8, 4) is 0 Å². The third-order valence-corrected chi connectivity index (χ3v) is 5.88. The number of urea groups is 1. The largest absolute Gasteiger partial charge is 0.454 e. The van der Waals surface area contributed by atoms with Crippen LogP contribution in [0.15, 0.2) is 11.1 Å². The Morgan fingerprint density at radius 3 is 2.71 bits per heavy atom. The standard InChI is InChI=1S/C18H22N4O5S/c1-10-11(2)28-16-15(10)17(25)22(9-19-16)7-14(24)27-8-13(23)21-18(26)20-12-5-3-4-6-12/h9,12H,3-8H2,1-2H3,(H2,20,21,23,26). The van der Waals surface area contributed by atoms with Gasteiger partial charge in [0, 0.05) is 10.9 Å². The number of imide groups is 1. The zero-order valence-electron chi connectivity index (χ0n) is 15.7. The SMILES string of the molecule is Cc1sc2ncn(CC(=O)OCC(=O)NC(=O)NC3CCCC3)c(=O)c2c1C. The van der Waals surface area contributed by atoms with Gasteiger partial charge in [-0.2, -0.15) is 0 Å². The fourth-order valence-electron chi connectivity index (χ4n) is 3.17. The molecule has 0 spiro atoms. The molecule has 28 heavy (non-hydrogen) atoms. The van der Waals surface area contributed by atoms with E-state index in [9.17, 15) is 19.2 Å². The molecule has 9 nitrogen and oxygen atoms in total. The number of hydrogen-bond donors (Lipinski definition) is 2. The lowest BCUT2D eigenvalue weighted by Gasteiger charge is -2.12. The molecule has 3 rings (SSSR count). The van der Waals surface area contributed by atoms with Gasteiger partial charge in [-0.3, -0.25) is 24.3 Å². The van der Waals surface area contributed by atoms with Crippen LogP contribution in [0, 0.1) is 13.8 Å². The summed E-state index contributed by atoms with van der Waals surface area (Å²) in [5.41, 5.74) is 0.511. The summed E-state index contributed by atoms with van der Waals surface area (Å²) in [6.07, 6.45) is 5.19. The van der Waals surface area contributed by atoms with Crippen LogP contribution < -0.4 is 16.2 Å². The zero-order valence-corrected chi connectivity index (χ0v) is 16.6. The number of amides is 3. The van der Waals surface area contributed by atoms with Gasteiger partial charge in [-0.1, -0.05) is 12.8 Å². The summed E-state index contributed by atoms with van der Waals surface area (Å²) in [5, 5.41) is 5.32. The molecule has 0 unspecified atom stereocenters. The van der Waals surface area contributed by atoms with Crippen LogP contribution in [-0.2, 0) is 20.9 Å². The van der Waals surface area contributed by atoms with E-state index < -0.39 is 24.5 Å². The summed E-state index contributed by atoms with van der Waals surface area (Å²) in [6.45, 7) is 2.78. The number of hydrogen-bond acceptors (Lipinski definition) is 7. The minimum Gasteiger partial charge on any atom is -0.454 e. The van der Waals surface area contributed by atoms with E-state index in [1.807, 2.05) is 13.8 Å². The second kappa shape index (κ2) is 8.51. The Bertz CT molecular complexity index is 974. The van der Waals surface area contributed by atoms with Crippen LogP contribution >= 0.6 is 11.3 Å². The molecule has 1 fully saturated rings. The van der Waals surface area contributed by atoms with Crippen molar-refractivity contribution in [1.82, 2.24) is 20.2 Å². The molecule has 0 bridgehead atoms. The van der Waals surface area contributed by atoms with Gasteiger partial charge in [0.25, 0.3) is 11.5 Å². The lowest BCUT2D eigenvalue weighted by Crippen LogP contribution is -2.45. The average molecular weight is 406 g/mol. The number of carbonyl (C=O) groups is 3. The van der Waals surface area contributed by atoms with Gasteiger partial charge in [-0.15, -0.1) is 11.3 Å². The van der Waals surface area contributed by atoms with Crippen molar-refractivity contribution in [3.63, 3.8) is 0 Å². The number of aromatic nitrogens is 2. The maximum atomic E-state index is 12.5. The van der Waals surface area contributed by atoms with Gasteiger partial charge in [0.2, 0.25) is 0 Å². The lowest BCUT2D eigenvalue weighted by molar-refractivity contribution is -0.148. The number of esters is 1. The molecule has 2 aromatic rings. The van der Waals surface area contributed by atoms with Crippen LogP contribution in [-0.4, -0.2) is 40.1 Å². The molecule has 0 aromatic carbocycles. The second-order valence-electron chi connectivity index (χ2n) is 6.80. The maximum absolute atomic E-state index is 12.5. The highest BCUT2D eigenvalue weighted by molar-refractivity contribution is 7.18. The van der Waals surface area contributed by atoms with Crippen LogP contribution in [0.3, 0.4) is 0 Å². The highest BCUT2D eigenvalue weighted by atomic mass is 32.1. The van der Waals surface area contributed by atoms with Crippen LogP contribution in [0.25, 0.3) is 10.2 Å². The summed E-state index contributed by atoms with van der Waals surface area (Å²) in [5.74, 6) is -1.49. The number of rotatable bonds is 5. The lowest BCUT2D eigenvalue weighted by atomic mass is 10.2. The molecule has 0 radical (unpaired) electrons. The van der Waals surface area contributed by atoms with E-state index in [2.05, 4.69) is 15.6 Å². The first kappa shape index (κ1) is 20.0. The van der Waals surface area contributed by atoms with Gasteiger partial charge >= 0.3 is 12.0 Å². The van der Waals surface area contributed by atoms with Gasteiger partial charge in [0.05, 0.1) is 11.7 Å². The molecule has 0 saturated heterocycles. The van der Waals surface area contributed by atoms with Gasteiger partial charge < -0.3 is 10.1 Å². The second-order valence-corrected chi connectivity index (χ2v) is 8.01. The highest BCUT2D eigenvalue weighted by Crippen LogP contribution is 2.25. The Kier molecular flexibility index (Phi) is 6.08. The minimum absolute atomic E-state index is 0.0776. The number of ether oxygens (including phenoxy) is 1. The van der Waals surface area contributed by atoms with E-state index in [4.69, 9.17) is 4.74 Å². The number of carbonyl (C=O) groups excluding carboxylic acids is 3. The number of fused-ring (bicyclic) bond motifs is 1. The first-order chi connectivity index (χ1) is 13.3. The number of aryl methyl sites for hydroxylation is 2. The van der Waals surface area contributed by atoms with Gasteiger partial charge in [0.15, 0.2) is 6.61 Å². The van der Waals surface area contributed by atoms with E-state index in [0.717, 1.165) is 40.7 Å². The Labute approximate surface area is 165 Å². The highest BCUT2D eigenvalue weighted by Gasteiger charge is 2.19. The summed E-state index contributed by atoms with van der Waals surface area (Å²) >= 11 is 1.42. The van der Waals surface area contributed by atoms with Crippen LogP contribution in [0.1, 0.15) is 36.1 Å². The smallest absolute Gasteiger partial charge is 0.326 e. The van der Waals surface area contributed by atoms with Crippen molar-refractivity contribution >= 4 is 39.5 Å². The molecule has 1 aliphatic rings. The fraction of sp³-hybridized carbons (Fsp3) is 0.500. The first-order valence-corrected chi connectivity index (χ1v) is 9.88. The Balaban J connectivity index is 1.51. The Hall–Kier alpha value is -2.75. The molecule has 3 amide bonds. The van der Waals surface area contributed by atoms with E-state index in [1.165, 1.54) is 17.7 Å². The third-order valence-electron chi connectivity index (χ3n) is 4.76. The number of thiophene rings is 1. The normalized spacial score (nSPS) is 14.2. The predicted molar refractivity (Wildman–Crippen MR) is 103 cm³/mol. The van der Waals surface area contributed by atoms with Crippen molar-refractivity contribution in [3.05, 3.63) is 27.1 Å². The third kappa shape index (κ3) is 4.56. The molecule has 10 heteroatoms. The minimum atomic E-state index is -0.765. The van der Waals surface area contributed by atoms with Crippen molar-refractivity contribution in [2.24, 2.45) is 0 Å². The average Bonchev–Trinajstić information content (AvgIpc) is 3.24. The van der Waals surface area contributed by atoms with E-state index in [1.54, 1.807) is 0 Å². The molecule has 0 atom stereocenters. The quantitative estimate of drug-likeness (QED) is 0.724. The molecular weight excluding hydrogens is 384 g/mol. The fourth-order valence-corrected chi connectivity index (χ4v) is 4.16. The van der Waals surface area contributed by atoms with Gasteiger partial charge in [0.1, 0.15) is 11.4 Å². The molecular formula is C18H22N4O5S. The van der Waals surface area contributed by atoms with Crippen molar-refractivity contribution < 1.29 is 19.1 Å². The van der Waals surface area contributed by atoms with E-state index >= 15 is 0 Å². The van der Waals surface area contributed by atoms with E-state index in [-0.39, 0.29) is 18.1 Å². The van der Waals surface area contributed by atoms with Crippen LogP contribution in [0.4, 0.5) is 4.79 Å². The molecule has 2 heterocycles. The number of nitrogens with zero attached hydrogens (tertiary/aromatic N) is 2. The van der Waals surface area contributed by atoms with E-state index in [0.29, 0.717) is 10.2 Å². The monoisotopic (exact) mass is 406 g/mol. The molecule has 2 N–H and O–H groups in total. The predicted octanol–water partition coefficient (Wildman–Crippen LogP) is 1.39. The van der Waals surface area contributed by atoms with Crippen LogP contribution in [0.5, 0.6) is 0 Å². The van der Waals surface area contributed by atoms with Crippen molar-refractivity contribution in [1.29, 1.82) is 0 Å². The first-order valence-electron chi connectivity index (χ1n) is 9.06.